The van der Waals surface area contributed by atoms with Gasteiger partial charge in [-0.25, -0.2) is 9.59 Å². The van der Waals surface area contributed by atoms with Crippen molar-refractivity contribution >= 4 is 23.9 Å². The molecule has 3 rings (SSSR count). The Morgan fingerprint density at radius 3 is 2.00 bits per heavy atom. The lowest BCUT2D eigenvalue weighted by Crippen LogP contribution is -2.49. The molecular formula is C21H20N2O6. The van der Waals surface area contributed by atoms with Crippen LogP contribution >= 0.6 is 0 Å². The van der Waals surface area contributed by atoms with Crippen LogP contribution in [0.15, 0.2) is 60.7 Å². The number of ether oxygens (including phenoxy) is 2. The van der Waals surface area contributed by atoms with Crippen LogP contribution in [0.4, 0.5) is 4.79 Å². The lowest BCUT2D eigenvalue weighted by Gasteiger charge is -2.21. The number of esters is 1. The standard InChI is InChI=1S/C21H20N2O6/c24-17-11-16(19(25)22-17)18(20(26)28-12-14-7-3-1-4-8-14)23-21(27)29-13-15-9-5-2-6-10-15/h1-10,16,18H,11-13H2,(H,23,27)(H,22,24,25). The van der Waals surface area contributed by atoms with E-state index in [9.17, 15) is 19.2 Å². The summed E-state index contributed by atoms with van der Waals surface area (Å²) in [5, 5.41) is 4.50. The molecule has 8 nitrogen and oxygen atoms in total. The minimum absolute atomic E-state index is 0.00570. The van der Waals surface area contributed by atoms with E-state index in [0.717, 1.165) is 11.1 Å². The number of alkyl carbamates (subject to hydrolysis) is 1. The van der Waals surface area contributed by atoms with E-state index in [4.69, 9.17) is 9.47 Å². The average Bonchev–Trinajstić information content (AvgIpc) is 3.08. The Hall–Kier alpha value is -3.68. The van der Waals surface area contributed by atoms with E-state index < -0.39 is 35.8 Å². The molecule has 29 heavy (non-hydrogen) atoms. The molecule has 2 aromatic rings. The summed E-state index contributed by atoms with van der Waals surface area (Å²) in [6.07, 6.45) is -1.11. The van der Waals surface area contributed by atoms with Crippen molar-refractivity contribution in [1.29, 1.82) is 0 Å². The minimum atomic E-state index is -1.34. The summed E-state index contributed by atoms with van der Waals surface area (Å²) in [5.74, 6) is -3.03. The Morgan fingerprint density at radius 1 is 0.931 bits per heavy atom. The summed E-state index contributed by atoms with van der Waals surface area (Å²) in [6.45, 7) is -0.0343. The fourth-order valence-electron chi connectivity index (χ4n) is 2.88. The Balaban J connectivity index is 1.64. The van der Waals surface area contributed by atoms with E-state index in [2.05, 4.69) is 10.6 Å². The molecule has 2 unspecified atom stereocenters. The first kappa shape index (κ1) is 20.1. The SMILES string of the molecule is O=C1CC(C(NC(=O)OCc2ccccc2)C(=O)OCc2ccccc2)C(=O)N1. The molecule has 0 saturated carbocycles. The van der Waals surface area contributed by atoms with Gasteiger partial charge in [0.1, 0.15) is 19.3 Å². The lowest BCUT2D eigenvalue weighted by molar-refractivity contribution is -0.150. The van der Waals surface area contributed by atoms with Gasteiger partial charge < -0.3 is 14.8 Å². The van der Waals surface area contributed by atoms with Gasteiger partial charge in [0.05, 0.1) is 5.92 Å². The van der Waals surface area contributed by atoms with Gasteiger partial charge in [-0.05, 0) is 11.1 Å². The lowest BCUT2D eigenvalue weighted by atomic mass is 9.98. The third-order valence-corrected chi connectivity index (χ3v) is 4.37. The maximum Gasteiger partial charge on any atom is 0.408 e. The van der Waals surface area contributed by atoms with Crippen molar-refractivity contribution in [2.24, 2.45) is 5.92 Å². The number of hydrogen-bond acceptors (Lipinski definition) is 6. The van der Waals surface area contributed by atoms with E-state index in [-0.39, 0.29) is 19.6 Å². The highest BCUT2D eigenvalue weighted by Gasteiger charge is 2.42. The number of carbonyl (C=O) groups excluding carboxylic acids is 4. The summed E-state index contributed by atoms with van der Waals surface area (Å²) >= 11 is 0. The first-order valence-electron chi connectivity index (χ1n) is 9.04. The third-order valence-electron chi connectivity index (χ3n) is 4.37. The van der Waals surface area contributed by atoms with Crippen LogP contribution in [0.2, 0.25) is 0 Å². The highest BCUT2D eigenvalue weighted by molar-refractivity contribution is 6.06. The Labute approximate surface area is 167 Å². The van der Waals surface area contributed by atoms with Crippen molar-refractivity contribution < 1.29 is 28.7 Å². The van der Waals surface area contributed by atoms with E-state index in [1.54, 1.807) is 48.5 Å². The number of amides is 3. The molecule has 2 N–H and O–H groups in total. The van der Waals surface area contributed by atoms with Gasteiger partial charge in [0, 0.05) is 6.42 Å². The molecule has 0 bridgehead atoms. The number of benzene rings is 2. The Bertz CT molecular complexity index is 885. The smallest absolute Gasteiger partial charge is 0.408 e. The van der Waals surface area contributed by atoms with Crippen molar-refractivity contribution in [3.63, 3.8) is 0 Å². The van der Waals surface area contributed by atoms with Gasteiger partial charge in [-0.2, -0.15) is 0 Å². The van der Waals surface area contributed by atoms with Crippen LogP contribution in [0.25, 0.3) is 0 Å². The van der Waals surface area contributed by atoms with Crippen molar-refractivity contribution in [2.45, 2.75) is 25.7 Å². The van der Waals surface area contributed by atoms with Crippen LogP contribution in [0, 0.1) is 5.92 Å². The van der Waals surface area contributed by atoms with Crippen LogP contribution in [0.3, 0.4) is 0 Å². The first-order chi connectivity index (χ1) is 14.0. The monoisotopic (exact) mass is 396 g/mol. The van der Waals surface area contributed by atoms with Crippen molar-refractivity contribution in [2.75, 3.05) is 0 Å². The molecule has 8 heteroatoms. The van der Waals surface area contributed by atoms with Gasteiger partial charge in [-0.1, -0.05) is 60.7 Å². The summed E-state index contributed by atoms with van der Waals surface area (Å²) in [4.78, 5) is 48.3. The van der Waals surface area contributed by atoms with Crippen LogP contribution in [-0.2, 0) is 37.1 Å². The third kappa shape index (κ3) is 5.65. The normalized spacial score (nSPS) is 16.6. The minimum Gasteiger partial charge on any atom is -0.459 e. The number of rotatable bonds is 7. The van der Waals surface area contributed by atoms with Crippen molar-refractivity contribution in [3.05, 3.63) is 71.8 Å². The van der Waals surface area contributed by atoms with Crippen LogP contribution in [-0.4, -0.2) is 29.9 Å². The summed E-state index contributed by atoms with van der Waals surface area (Å²) in [5.41, 5.74) is 1.51. The highest BCUT2D eigenvalue weighted by atomic mass is 16.6. The second kappa shape index (κ2) is 9.50. The van der Waals surface area contributed by atoms with E-state index in [0.29, 0.717) is 0 Å². The maximum absolute atomic E-state index is 12.6. The molecule has 1 heterocycles. The molecule has 2 atom stereocenters. The summed E-state index contributed by atoms with van der Waals surface area (Å²) < 4.78 is 10.4. The zero-order valence-corrected chi connectivity index (χ0v) is 15.5. The Kier molecular flexibility index (Phi) is 6.57. The predicted octanol–water partition coefficient (Wildman–Crippen LogP) is 1.69. The van der Waals surface area contributed by atoms with Gasteiger partial charge in [0.2, 0.25) is 11.8 Å². The van der Waals surface area contributed by atoms with Crippen LogP contribution in [0.5, 0.6) is 0 Å². The number of carbonyl (C=O) groups is 4. The molecule has 150 valence electrons. The van der Waals surface area contributed by atoms with E-state index >= 15 is 0 Å². The molecule has 0 aromatic heterocycles. The quantitative estimate of drug-likeness (QED) is 0.544. The molecule has 3 amide bonds. The zero-order valence-electron chi connectivity index (χ0n) is 15.5. The topological polar surface area (TPSA) is 111 Å². The van der Waals surface area contributed by atoms with Gasteiger partial charge >= 0.3 is 12.1 Å². The largest absolute Gasteiger partial charge is 0.459 e. The second-order valence-corrected chi connectivity index (χ2v) is 6.50. The van der Waals surface area contributed by atoms with Gasteiger partial charge in [-0.15, -0.1) is 0 Å². The van der Waals surface area contributed by atoms with E-state index in [1.165, 1.54) is 0 Å². The van der Waals surface area contributed by atoms with Crippen LogP contribution < -0.4 is 10.6 Å². The summed E-state index contributed by atoms with van der Waals surface area (Å²) in [7, 11) is 0. The molecule has 1 aliphatic rings. The first-order valence-corrected chi connectivity index (χ1v) is 9.04. The van der Waals surface area contributed by atoms with Gasteiger partial charge in [0.25, 0.3) is 0 Å². The molecule has 0 spiro atoms. The van der Waals surface area contributed by atoms with E-state index in [1.807, 2.05) is 12.1 Å². The molecule has 1 saturated heterocycles. The van der Waals surface area contributed by atoms with Crippen molar-refractivity contribution in [1.82, 2.24) is 10.6 Å². The second-order valence-electron chi connectivity index (χ2n) is 6.50. The highest BCUT2D eigenvalue weighted by Crippen LogP contribution is 2.18. The molecule has 0 aliphatic carbocycles. The molecular weight excluding hydrogens is 376 g/mol. The molecule has 0 radical (unpaired) electrons. The van der Waals surface area contributed by atoms with Gasteiger partial charge in [0.15, 0.2) is 0 Å². The maximum atomic E-state index is 12.6. The zero-order chi connectivity index (χ0) is 20.6. The number of imide groups is 1. The predicted molar refractivity (Wildman–Crippen MR) is 101 cm³/mol. The fraction of sp³-hybridized carbons (Fsp3) is 0.238. The fourth-order valence-corrected chi connectivity index (χ4v) is 2.88. The molecule has 2 aromatic carbocycles. The molecule has 1 fully saturated rings. The van der Waals surface area contributed by atoms with Crippen LogP contribution in [0.1, 0.15) is 17.5 Å². The number of nitrogens with one attached hydrogen (secondary N) is 2. The van der Waals surface area contributed by atoms with Crippen molar-refractivity contribution in [3.8, 4) is 0 Å². The van der Waals surface area contributed by atoms with Gasteiger partial charge in [-0.3, -0.25) is 14.9 Å². The Morgan fingerprint density at radius 2 is 1.48 bits per heavy atom. The average molecular weight is 396 g/mol. The number of hydrogen-bond donors (Lipinski definition) is 2. The molecule has 1 aliphatic heterocycles. The summed E-state index contributed by atoms with van der Waals surface area (Å²) in [6, 6.07) is 16.6.